The Morgan fingerprint density at radius 3 is 2.57 bits per heavy atom. The van der Waals surface area contributed by atoms with Crippen molar-refractivity contribution in [2.75, 3.05) is 39.4 Å². The van der Waals surface area contributed by atoms with Crippen LogP contribution in [0.15, 0.2) is 24.3 Å². The zero-order valence-corrected chi connectivity index (χ0v) is 18.6. The van der Waals surface area contributed by atoms with Crippen LogP contribution in [0.4, 0.5) is 0 Å². The molecule has 1 saturated carbocycles. The highest BCUT2D eigenvalue weighted by Crippen LogP contribution is 2.48. The molecule has 0 N–H and O–H groups in total. The summed E-state index contributed by atoms with van der Waals surface area (Å²) in [6.07, 6.45) is 8.27. The van der Waals surface area contributed by atoms with Gasteiger partial charge in [-0.2, -0.15) is 0 Å². The lowest BCUT2D eigenvalue weighted by molar-refractivity contribution is -0.137. The fraction of sp³-hybridized carbons (Fsp3) is 0.731. The summed E-state index contributed by atoms with van der Waals surface area (Å²) < 4.78 is 5.45. The summed E-state index contributed by atoms with van der Waals surface area (Å²) in [7, 11) is 0. The summed E-state index contributed by atoms with van der Waals surface area (Å²) in [5, 5.41) is 0. The van der Waals surface area contributed by atoms with Crippen LogP contribution in [0.2, 0.25) is 0 Å². The van der Waals surface area contributed by atoms with Crippen LogP contribution in [-0.2, 0) is 16.0 Å². The van der Waals surface area contributed by atoms with Gasteiger partial charge in [-0.3, -0.25) is 4.79 Å². The van der Waals surface area contributed by atoms with Crippen LogP contribution in [-0.4, -0.2) is 61.1 Å². The van der Waals surface area contributed by atoms with E-state index in [0.717, 1.165) is 51.6 Å². The standard InChI is InChI=1S/C26H38N2O2/c1-19-3-2-13-27(19)14-10-20-4-6-21(7-5-20)24-9-8-23-17-28(18-25(23)24)26(29)22-11-15-30-16-12-22/h4-7,19,22-25H,2-3,8-18H2,1H3/t19-,23-,24+,25+/m1/s1. The Morgan fingerprint density at radius 1 is 1.03 bits per heavy atom. The maximum absolute atomic E-state index is 13.0. The predicted octanol–water partition coefficient (Wildman–Crippen LogP) is 4.09. The fourth-order valence-corrected chi connectivity index (χ4v) is 6.59. The highest BCUT2D eigenvalue weighted by atomic mass is 16.5. The normalized spacial score (nSPS) is 32.6. The third-order valence-electron chi connectivity index (χ3n) is 8.53. The Morgan fingerprint density at radius 2 is 1.83 bits per heavy atom. The number of benzene rings is 1. The molecule has 5 rings (SSSR count). The number of carbonyl (C=O) groups is 1. The van der Waals surface area contributed by atoms with Gasteiger partial charge in [0.15, 0.2) is 0 Å². The fourth-order valence-electron chi connectivity index (χ4n) is 6.59. The van der Waals surface area contributed by atoms with Gasteiger partial charge in [-0.1, -0.05) is 24.3 Å². The van der Waals surface area contributed by atoms with Crippen LogP contribution >= 0.6 is 0 Å². The van der Waals surface area contributed by atoms with E-state index in [2.05, 4.69) is 41.0 Å². The SMILES string of the molecule is C[C@@H]1CCCN1CCc1ccc([C@@H]2CC[C@@H]3CN(C(=O)C4CCOCC4)C[C@@H]32)cc1. The van der Waals surface area contributed by atoms with E-state index in [4.69, 9.17) is 4.74 Å². The first kappa shape index (κ1) is 20.5. The van der Waals surface area contributed by atoms with Gasteiger partial charge in [0.25, 0.3) is 0 Å². The molecule has 0 aromatic heterocycles. The van der Waals surface area contributed by atoms with E-state index >= 15 is 0 Å². The Kier molecular flexibility index (Phi) is 6.15. The number of ether oxygens (including phenoxy) is 1. The molecule has 4 heteroatoms. The van der Waals surface area contributed by atoms with Gasteiger partial charge in [0.1, 0.15) is 0 Å². The van der Waals surface area contributed by atoms with Gasteiger partial charge >= 0.3 is 0 Å². The van der Waals surface area contributed by atoms with Crippen molar-refractivity contribution in [3.8, 4) is 0 Å². The molecule has 3 heterocycles. The molecule has 30 heavy (non-hydrogen) atoms. The zero-order chi connectivity index (χ0) is 20.5. The van der Waals surface area contributed by atoms with E-state index in [1.165, 1.54) is 49.9 Å². The van der Waals surface area contributed by atoms with Crippen LogP contribution in [0.25, 0.3) is 0 Å². The van der Waals surface area contributed by atoms with E-state index in [0.29, 0.717) is 23.7 Å². The highest BCUT2D eigenvalue weighted by molar-refractivity contribution is 5.79. The Hall–Kier alpha value is -1.39. The topological polar surface area (TPSA) is 32.8 Å². The number of rotatable bonds is 5. The summed E-state index contributed by atoms with van der Waals surface area (Å²) in [6, 6.07) is 10.3. The third kappa shape index (κ3) is 4.18. The molecule has 164 valence electrons. The molecular weight excluding hydrogens is 372 g/mol. The molecule has 3 aliphatic heterocycles. The molecular formula is C26H38N2O2. The van der Waals surface area contributed by atoms with Crippen molar-refractivity contribution < 1.29 is 9.53 Å². The molecule has 3 saturated heterocycles. The van der Waals surface area contributed by atoms with Crippen molar-refractivity contribution in [2.24, 2.45) is 17.8 Å². The van der Waals surface area contributed by atoms with Crippen molar-refractivity contribution >= 4 is 5.91 Å². The summed E-state index contributed by atoms with van der Waals surface area (Å²) in [5.74, 6) is 2.60. The number of carbonyl (C=O) groups excluding carboxylic acids is 1. The van der Waals surface area contributed by atoms with Crippen molar-refractivity contribution in [3.05, 3.63) is 35.4 Å². The largest absolute Gasteiger partial charge is 0.381 e. The summed E-state index contributed by atoms with van der Waals surface area (Å²) in [5.41, 5.74) is 2.97. The minimum absolute atomic E-state index is 0.202. The van der Waals surface area contributed by atoms with E-state index in [9.17, 15) is 4.79 Å². The Bertz CT molecular complexity index is 727. The van der Waals surface area contributed by atoms with Crippen LogP contribution in [0, 0.1) is 17.8 Å². The second kappa shape index (κ2) is 9.00. The second-order valence-corrected chi connectivity index (χ2v) is 10.3. The van der Waals surface area contributed by atoms with Gasteiger partial charge < -0.3 is 14.5 Å². The minimum Gasteiger partial charge on any atom is -0.381 e. The molecule has 0 radical (unpaired) electrons. The number of hydrogen-bond donors (Lipinski definition) is 0. The van der Waals surface area contributed by atoms with Gasteiger partial charge in [-0.25, -0.2) is 0 Å². The Balaban J connectivity index is 1.17. The maximum Gasteiger partial charge on any atom is 0.225 e. The lowest BCUT2D eigenvalue weighted by Crippen LogP contribution is -2.37. The summed E-state index contributed by atoms with van der Waals surface area (Å²) in [6.45, 7) is 8.30. The van der Waals surface area contributed by atoms with Crippen molar-refractivity contribution in [1.29, 1.82) is 0 Å². The molecule has 0 bridgehead atoms. The van der Waals surface area contributed by atoms with Crippen LogP contribution in [0.5, 0.6) is 0 Å². The summed E-state index contributed by atoms with van der Waals surface area (Å²) in [4.78, 5) is 17.8. The van der Waals surface area contributed by atoms with Crippen molar-refractivity contribution in [1.82, 2.24) is 9.80 Å². The van der Waals surface area contributed by atoms with E-state index in [-0.39, 0.29) is 5.92 Å². The van der Waals surface area contributed by atoms with Crippen LogP contribution < -0.4 is 0 Å². The van der Waals surface area contributed by atoms with Gasteiger partial charge in [0.2, 0.25) is 5.91 Å². The number of likely N-dealkylation sites (tertiary alicyclic amines) is 2. The monoisotopic (exact) mass is 410 g/mol. The second-order valence-electron chi connectivity index (χ2n) is 10.3. The first-order valence-electron chi connectivity index (χ1n) is 12.4. The van der Waals surface area contributed by atoms with E-state index < -0.39 is 0 Å². The van der Waals surface area contributed by atoms with Crippen molar-refractivity contribution in [3.63, 3.8) is 0 Å². The number of fused-ring (bicyclic) bond motifs is 1. The van der Waals surface area contributed by atoms with Crippen LogP contribution in [0.1, 0.15) is 62.5 Å². The minimum atomic E-state index is 0.202. The van der Waals surface area contributed by atoms with E-state index in [1.54, 1.807) is 0 Å². The Labute approximate surface area is 182 Å². The first-order chi connectivity index (χ1) is 14.7. The number of hydrogen-bond acceptors (Lipinski definition) is 3. The van der Waals surface area contributed by atoms with Gasteiger partial charge in [-0.05, 0) is 87.3 Å². The molecule has 4 nitrogen and oxygen atoms in total. The molecule has 4 aliphatic rings. The van der Waals surface area contributed by atoms with Gasteiger partial charge in [-0.15, -0.1) is 0 Å². The lowest BCUT2D eigenvalue weighted by Gasteiger charge is -2.27. The highest BCUT2D eigenvalue weighted by Gasteiger charge is 2.45. The first-order valence-corrected chi connectivity index (χ1v) is 12.4. The quantitative estimate of drug-likeness (QED) is 0.733. The maximum atomic E-state index is 13.0. The molecule has 0 spiro atoms. The molecule has 0 unspecified atom stereocenters. The third-order valence-corrected chi connectivity index (χ3v) is 8.53. The average molecular weight is 411 g/mol. The lowest BCUT2D eigenvalue weighted by atomic mass is 9.86. The van der Waals surface area contributed by atoms with E-state index in [1.807, 2.05) is 0 Å². The number of amides is 1. The molecule has 4 fully saturated rings. The molecule has 4 atom stereocenters. The van der Waals surface area contributed by atoms with Gasteiger partial charge in [0.05, 0.1) is 0 Å². The molecule has 1 aliphatic carbocycles. The molecule has 1 aromatic rings. The average Bonchev–Trinajstić information content (AvgIpc) is 3.49. The number of nitrogens with zero attached hydrogens (tertiary/aromatic N) is 2. The summed E-state index contributed by atoms with van der Waals surface area (Å²) >= 11 is 0. The smallest absolute Gasteiger partial charge is 0.225 e. The zero-order valence-electron chi connectivity index (χ0n) is 18.6. The van der Waals surface area contributed by atoms with Crippen LogP contribution in [0.3, 0.4) is 0 Å². The van der Waals surface area contributed by atoms with Gasteiger partial charge in [0, 0.05) is 44.8 Å². The van der Waals surface area contributed by atoms with Crippen molar-refractivity contribution in [2.45, 2.75) is 63.8 Å². The molecule has 1 aromatic carbocycles. The molecule has 1 amide bonds. The predicted molar refractivity (Wildman–Crippen MR) is 119 cm³/mol.